The first-order valence-corrected chi connectivity index (χ1v) is 8.97. The van der Waals surface area contributed by atoms with E-state index < -0.39 is 0 Å². The van der Waals surface area contributed by atoms with Crippen LogP contribution in [0.1, 0.15) is 48.8 Å². The number of hydrogen-bond donors (Lipinski definition) is 1. The third-order valence-electron chi connectivity index (χ3n) is 4.84. The average Bonchev–Trinajstić information content (AvgIpc) is 2.70. The number of hydrogen-bond acceptors (Lipinski definition) is 4. The summed E-state index contributed by atoms with van der Waals surface area (Å²) in [7, 11) is 0. The summed E-state index contributed by atoms with van der Waals surface area (Å²) in [6, 6.07) is 0.527. The van der Waals surface area contributed by atoms with Crippen LogP contribution in [0, 0.1) is 20.8 Å². The van der Waals surface area contributed by atoms with Crippen LogP contribution < -0.4 is 5.73 Å². The molecule has 1 aliphatic carbocycles. The fourth-order valence-electron chi connectivity index (χ4n) is 3.69. The lowest BCUT2D eigenvalue weighted by Crippen LogP contribution is -2.26. The van der Waals surface area contributed by atoms with Crippen molar-refractivity contribution in [2.75, 3.05) is 12.0 Å². The minimum Gasteiger partial charge on any atom is -0.383 e. The van der Waals surface area contributed by atoms with Crippen molar-refractivity contribution in [3.05, 3.63) is 17.1 Å². The van der Waals surface area contributed by atoms with Crippen molar-refractivity contribution < 1.29 is 0 Å². The number of anilines is 1. The molecule has 2 heterocycles. The molecule has 2 aromatic rings. The van der Waals surface area contributed by atoms with Gasteiger partial charge in [-0.2, -0.15) is 11.8 Å². The number of fused-ring (bicyclic) bond motifs is 1. The Labute approximate surface area is 130 Å². The van der Waals surface area contributed by atoms with E-state index in [1.54, 1.807) is 0 Å². The van der Waals surface area contributed by atoms with Gasteiger partial charge < -0.3 is 10.3 Å². The zero-order chi connectivity index (χ0) is 15.1. The molecule has 0 saturated heterocycles. The summed E-state index contributed by atoms with van der Waals surface area (Å²) in [5.74, 6) is 1.38. The number of thioether (sulfide) groups is 1. The summed E-state index contributed by atoms with van der Waals surface area (Å²) in [5.41, 5.74) is 9.72. The highest BCUT2D eigenvalue weighted by Gasteiger charge is 2.29. The number of nitrogen functional groups attached to an aromatic ring is 1. The smallest absolute Gasteiger partial charge is 0.146 e. The minimum atomic E-state index is 0.527. The summed E-state index contributed by atoms with van der Waals surface area (Å²) >= 11 is 1.99. The second-order valence-corrected chi connectivity index (χ2v) is 7.14. The standard InChI is InChI=1S/C16H24N4S/c1-9-10(2)20(12-7-5-6-8-13(12)21-4)16-14(9)15(17)18-11(3)19-16/h12-13H,5-8H2,1-4H3,(H2,17,18,19). The molecule has 4 nitrogen and oxygen atoms in total. The highest BCUT2D eigenvalue weighted by atomic mass is 32.2. The summed E-state index contributed by atoms with van der Waals surface area (Å²) < 4.78 is 2.44. The summed E-state index contributed by atoms with van der Waals surface area (Å²) in [6.07, 6.45) is 7.41. The molecule has 2 atom stereocenters. The molecule has 5 heteroatoms. The minimum absolute atomic E-state index is 0.527. The molecule has 21 heavy (non-hydrogen) atoms. The molecule has 114 valence electrons. The Morgan fingerprint density at radius 3 is 2.57 bits per heavy atom. The number of nitrogens with two attached hydrogens (primary N) is 1. The maximum atomic E-state index is 6.17. The monoisotopic (exact) mass is 304 g/mol. The van der Waals surface area contributed by atoms with Gasteiger partial charge >= 0.3 is 0 Å². The molecule has 3 rings (SSSR count). The van der Waals surface area contributed by atoms with Crippen LogP contribution in [0.15, 0.2) is 0 Å². The van der Waals surface area contributed by atoms with Gasteiger partial charge in [-0.1, -0.05) is 12.8 Å². The normalized spacial score (nSPS) is 22.9. The molecule has 0 spiro atoms. The first-order valence-electron chi connectivity index (χ1n) is 7.68. The Morgan fingerprint density at radius 1 is 1.14 bits per heavy atom. The van der Waals surface area contributed by atoms with Gasteiger partial charge in [-0.3, -0.25) is 0 Å². The van der Waals surface area contributed by atoms with Gasteiger partial charge in [0.1, 0.15) is 17.3 Å². The quantitative estimate of drug-likeness (QED) is 0.917. The lowest BCUT2D eigenvalue weighted by molar-refractivity contribution is 0.367. The molecule has 0 aromatic carbocycles. The maximum Gasteiger partial charge on any atom is 0.146 e. The third kappa shape index (κ3) is 2.31. The van der Waals surface area contributed by atoms with Gasteiger partial charge in [0.15, 0.2) is 0 Å². The Morgan fingerprint density at radius 2 is 1.86 bits per heavy atom. The Hall–Kier alpha value is -1.23. The molecule has 0 amide bonds. The van der Waals surface area contributed by atoms with Crippen LogP contribution >= 0.6 is 11.8 Å². The van der Waals surface area contributed by atoms with Crippen molar-refractivity contribution in [2.45, 2.75) is 57.7 Å². The zero-order valence-corrected chi connectivity index (χ0v) is 14.1. The average molecular weight is 304 g/mol. The van der Waals surface area contributed by atoms with Gasteiger partial charge in [0.2, 0.25) is 0 Å². The van der Waals surface area contributed by atoms with Gasteiger partial charge in [0, 0.05) is 17.0 Å². The Bertz CT molecular complexity index is 677. The van der Waals surface area contributed by atoms with E-state index in [1.807, 2.05) is 18.7 Å². The molecular weight excluding hydrogens is 280 g/mol. The molecule has 0 bridgehead atoms. The molecule has 0 radical (unpaired) electrons. The zero-order valence-electron chi connectivity index (χ0n) is 13.3. The third-order valence-corrected chi connectivity index (χ3v) is 5.99. The number of nitrogens with zero attached hydrogens (tertiary/aromatic N) is 3. The van der Waals surface area contributed by atoms with Crippen LogP contribution in [0.25, 0.3) is 11.0 Å². The van der Waals surface area contributed by atoms with E-state index in [4.69, 9.17) is 10.7 Å². The molecule has 2 N–H and O–H groups in total. The van der Waals surface area contributed by atoms with Crippen LogP contribution in [0.3, 0.4) is 0 Å². The predicted octanol–water partition coefficient (Wildman–Crippen LogP) is 3.79. The number of rotatable bonds is 2. The highest BCUT2D eigenvalue weighted by Crippen LogP contribution is 2.40. The fourth-order valence-corrected chi connectivity index (χ4v) is 4.66. The van der Waals surface area contributed by atoms with Gasteiger partial charge in [-0.15, -0.1) is 0 Å². The number of aromatic nitrogens is 3. The molecule has 1 aliphatic rings. The van der Waals surface area contributed by atoms with Gasteiger partial charge in [0.05, 0.1) is 5.39 Å². The van der Waals surface area contributed by atoms with Gasteiger partial charge in [0.25, 0.3) is 0 Å². The summed E-state index contributed by atoms with van der Waals surface area (Å²) in [6.45, 7) is 6.25. The van der Waals surface area contributed by atoms with E-state index >= 15 is 0 Å². The number of aryl methyl sites for hydroxylation is 2. The van der Waals surface area contributed by atoms with Crippen molar-refractivity contribution in [1.29, 1.82) is 0 Å². The van der Waals surface area contributed by atoms with Crippen LogP contribution in [0.5, 0.6) is 0 Å². The van der Waals surface area contributed by atoms with Crippen molar-refractivity contribution in [3.63, 3.8) is 0 Å². The van der Waals surface area contributed by atoms with E-state index in [-0.39, 0.29) is 0 Å². The predicted molar refractivity (Wildman–Crippen MR) is 91.0 cm³/mol. The second kappa shape index (κ2) is 5.52. The van der Waals surface area contributed by atoms with E-state index in [0.29, 0.717) is 17.1 Å². The molecule has 1 saturated carbocycles. The van der Waals surface area contributed by atoms with Gasteiger partial charge in [-0.25, -0.2) is 9.97 Å². The summed E-state index contributed by atoms with van der Waals surface area (Å²) in [5, 5.41) is 1.72. The lowest BCUT2D eigenvalue weighted by atomic mass is 9.94. The fraction of sp³-hybridized carbons (Fsp3) is 0.625. The van der Waals surface area contributed by atoms with E-state index in [9.17, 15) is 0 Å². The van der Waals surface area contributed by atoms with E-state index in [2.05, 4.69) is 29.7 Å². The van der Waals surface area contributed by atoms with Crippen LogP contribution in [0.2, 0.25) is 0 Å². The molecule has 1 fully saturated rings. The second-order valence-electron chi connectivity index (χ2n) is 6.06. The topological polar surface area (TPSA) is 56.7 Å². The summed E-state index contributed by atoms with van der Waals surface area (Å²) in [4.78, 5) is 9.07. The van der Waals surface area contributed by atoms with Crippen molar-refractivity contribution >= 4 is 28.6 Å². The van der Waals surface area contributed by atoms with Crippen molar-refractivity contribution in [2.24, 2.45) is 0 Å². The first-order chi connectivity index (χ1) is 10.0. The first kappa shape index (κ1) is 14.7. The Balaban J connectivity index is 2.24. The SMILES string of the molecule is CSC1CCCCC1n1c(C)c(C)c2c(N)nc(C)nc21. The molecule has 0 aliphatic heterocycles. The van der Waals surface area contributed by atoms with Crippen molar-refractivity contribution in [1.82, 2.24) is 14.5 Å². The van der Waals surface area contributed by atoms with Crippen LogP contribution in [-0.4, -0.2) is 26.0 Å². The van der Waals surface area contributed by atoms with Crippen LogP contribution in [0.4, 0.5) is 5.82 Å². The molecule has 2 unspecified atom stereocenters. The Kier molecular flexibility index (Phi) is 3.86. The highest BCUT2D eigenvalue weighted by molar-refractivity contribution is 7.99. The molecular formula is C16H24N4S. The van der Waals surface area contributed by atoms with E-state index in [0.717, 1.165) is 16.9 Å². The van der Waals surface area contributed by atoms with Crippen molar-refractivity contribution in [3.8, 4) is 0 Å². The largest absolute Gasteiger partial charge is 0.383 e. The maximum absolute atomic E-state index is 6.17. The lowest BCUT2D eigenvalue weighted by Gasteiger charge is -2.32. The van der Waals surface area contributed by atoms with Gasteiger partial charge in [-0.05, 0) is 45.4 Å². The van der Waals surface area contributed by atoms with E-state index in [1.165, 1.54) is 36.9 Å². The van der Waals surface area contributed by atoms with Crippen LogP contribution in [-0.2, 0) is 0 Å². The molecule has 2 aromatic heterocycles.